The lowest BCUT2D eigenvalue weighted by Gasteiger charge is -2.14. The van der Waals surface area contributed by atoms with Crippen LogP contribution in [0.5, 0.6) is 5.75 Å². The largest absolute Gasteiger partial charge is 0.494 e. The Labute approximate surface area is 136 Å². The standard InChI is InChI=1S/C16H10ClNO5/c1-22-13-11(7-4-8-12(13)17)16(21)23-18-14(19)9-5-2-3-6-10(9)15(18)20/h2-8H,1H3. The zero-order chi connectivity index (χ0) is 16.6. The number of hydroxylamine groups is 2. The van der Waals surface area contributed by atoms with Gasteiger partial charge in [-0.2, -0.15) is 0 Å². The van der Waals surface area contributed by atoms with E-state index in [-0.39, 0.29) is 27.5 Å². The molecule has 0 aliphatic carbocycles. The molecule has 2 amide bonds. The van der Waals surface area contributed by atoms with Crippen molar-refractivity contribution in [3.63, 3.8) is 0 Å². The number of hydrogen-bond donors (Lipinski definition) is 0. The molecule has 1 aliphatic rings. The summed E-state index contributed by atoms with van der Waals surface area (Å²) in [4.78, 5) is 41.6. The summed E-state index contributed by atoms with van der Waals surface area (Å²) in [5.41, 5.74) is 0.378. The smallest absolute Gasteiger partial charge is 0.367 e. The Balaban J connectivity index is 1.90. The van der Waals surface area contributed by atoms with Gasteiger partial charge in [-0.3, -0.25) is 9.59 Å². The summed E-state index contributed by atoms with van der Waals surface area (Å²) in [5, 5.41) is 0.650. The third kappa shape index (κ3) is 2.43. The van der Waals surface area contributed by atoms with E-state index in [0.29, 0.717) is 5.06 Å². The highest BCUT2D eigenvalue weighted by atomic mass is 35.5. The molecule has 0 unspecified atom stereocenters. The second kappa shape index (κ2) is 5.73. The van der Waals surface area contributed by atoms with Crippen LogP contribution in [0.2, 0.25) is 5.02 Å². The molecule has 0 saturated carbocycles. The second-order valence-electron chi connectivity index (χ2n) is 4.65. The first-order valence-electron chi connectivity index (χ1n) is 6.57. The lowest BCUT2D eigenvalue weighted by molar-refractivity contribution is -0.0586. The molecule has 0 fully saturated rings. The van der Waals surface area contributed by atoms with E-state index < -0.39 is 17.8 Å². The van der Waals surface area contributed by atoms with Gasteiger partial charge in [0.05, 0.1) is 23.3 Å². The Morgan fingerprint density at radius 1 is 1.00 bits per heavy atom. The van der Waals surface area contributed by atoms with E-state index in [2.05, 4.69) is 0 Å². The predicted molar refractivity (Wildman–Crippen MR) is 80.4 cm³/mol. The quantitative estimate of drug-likeness (QED) is 0.808. The van der Waals surface area contributed by atoms with Crippen molar-refractivity contribution in [3.05, 3.63) is 64.2 Å². The summed E-state index contributed by atoms with van der Waals surface area (Å²) >= 11 is 5.94. The molecule has 7 heteroatoms. The maximum Gasteiger partial charge on any atom is 0.367 e. The van der Waals surface area contributed by atoms with Crippen molar-refractivity contribution >= 4 is 29.4 Å². The van der Waals surface area contributed by atoms with Crippen molar-refractivity contribution in [1.29, 1.82) is 0 Å². The van der Waals surface area contributed by atoms with Gasteiger partial charge in [-0.25, -0.2) is 4.79 Å². The minimum atomic E-state index is -0.918. The Bertz CT molecular complexity index is 798. The van der Waals surface area contributed by atoms with Crippen LogP contribution >= 0.6 is 11.6 Å². The van der Waals surface area contributed by atoms with E-state index in [9.17, 15) is 14.4 Å². The van der Waals surface area contributed by atoms with Crippen LogP contribution in [0.15, 0.2) is 42.5 Å². The summed E-state index contributed by atoms with van der Waals surface area (Å²) in [6.45, 7) is 0. The van der Waals surface area contributed by atoms with Crippen LogP contribution in [0, 0.1) is 0 Å². The highest BCUT2D eigenvalue weighted by Crippen LogP contribution is 2.30. The summed E-state index contributed by atoms with van der Waals surface area (Å²) in [6, 6.07) is 10.7. The molecule has 6 nitrogen and oxygen atoms in total. The zero-order valence-electron chi connectivity index (χ0n) is 11.9. The van der Waals surface area contributed by atoms with Crippen molar-refractivity contribution in [3.8, 4) is 5.75 Å². The molecular weight excluding hydrogens is 322 g/mol. The number of nitrogens with zero attached hydrogens (tertiary/aromatic N) is 1. The average Bonchev–Trinajstić information content (AvgIpc) is 2.80. The van der Waals surface area contributed by atoms with Crippen molar-refractivity contribution in [2.75, 3.05) is 7.11 Å². The third-order valence-electron chi connectivity index (χ3n) is 3.32. The van der Waals surface area contributed by atoms with Crippen molar-refractivity contribution < 1.29 is 24.0 Å². The van der Waals surface area contributed by atoms with Gasteiger partial charge in [-0.05, 0) is 24.3 Å². The van der Waals surface area contributed by atoms with Gasteiger partial charge in [0.25, 0.3) is 11.8 Å². The molecule has 2 aromatic carbocycles. The van der Waals surface area contributed by atoms with Crippen molar-refractivity contribution in [1.82, 2.24) is 5.06 Å². The zero-order valence-corrected chi connectivity index (χ0v) is 12.7. The van der Waals surface area contributed by atoms with Crippen molar-refractivity contribution in [2.24, 2.45) is 0 Å². The third-order valence-corrected chi connectivity index (χ3v) is 3.62. The summed E-state index contributed by atoms with van der Waals surface area (Å²) < 4.78 is 5.06. The van der Waals surface area contributed by atoms with Gasteiger partial charge in [0.1, 0.15) is 5.56 Å². The molecule has 23 heavy (non-hydrogen) atoms. The van der Waals surface area contributed by atoms with Gasteiger partial charge in [0.2, 0.25) is 0 Å². The molecule has 0 saturated heterocycles. The molecule has 0 aromatic heterocycles. The molecule has 1 aliphatic heterocycles. The number of rotatable bonds is 3. The number of carbonyl (C=O) groups is 3. The van der Waals surface area contributed by atoms with Crippen LogP contribution in [0.4, 0.5) is 0 Å². The minimum absolute atomic E-state index is 0.0107. The number of fused-ring (bicyclic) bond motifs is 1. The fourth-order valence-electron chi connectivity index (χ4n) is 2.26. The van der Waals surface area contributed by atoms with Gasteiger partial charge in [0, 0.05) is 0 Å². The highest BCUT2D eigenvalue weighted by molar-refractivity contribution is 6.32. The van der Waals surface area contributed by atoms with E-state index >= 15 is 0 Å². The van der Waals surface area contributed by atoms with Gasteiger partial charge in [-0.15, -0.1) is 0 Å². The number of halogens is 1. The van der Waals surface area contributed by atoms with Gasteiger partial charge in [0.15, 0.2) is 5.75 Å². The SMILES string of the molecule is COc1c(Cl)cccc1C(=O)ON1C(=O)c2ccccc2C1=O. The number of amides is 2. The first-order valence-corrected chi connectivity index (χ1v) is 6.95. The molecule has 0 N–H and O–H groups in total. The molecular formula is C16H10ClNO5. The monoisotopic (exact) mass is 331 g/mol. The van der Waals surface area contributed by atoms with Crippen LogP contribution in [0.1, 0.15) is 31.1 Å². The van der Waals surface area contributed by atoms with E-state index in [1.54, 1.807) is 18.2 Å². The van der Waals surface area contributed by atoms with Crippen LogP contribution in [0.25, 0.3) is 0 Å². The highest BCUT2D eigenvalue weighted by Gasteiger charge is 2.39. The molecule has 3 rings (SSSR count). The van der Waals surface area contributed by atoms with Crippen LogP contribution in [0.3, 0.4) is 0 Å². The second-order valence-corrected chi connectivity index (χ2v) is 5.06. The Hall–Kier alpha value is -2.86. The number of carbonyl (C=O) groups excluding carboxylic acids is 3. The fourth-order valence-corrected chi connectivity index (χ4v) is 2.51. The number of imide groups is 1. The maximum atomic E-state index is 12.3. The van der Waals surface area contributed by atoms with Crippen molar-refractivity contribution in [2.45, 2.75) is 0 Å². The van der Waals surface area contributed by atoms with Crippen LogP contribution in [-0.4, -0.2) is 30.0 Å². The molecule has 0 atom stereocenters. The Morgan fingerprint density at radius 2 is 1.61 bits per heavy atom. The number of ether oxygens (including phenoxy) is 1. The van der Waals surface area contributed by atoms with E-state index in [1.807, 2.05) is 0 Å². The van der Waals surface area contributed by atoms with Crippen LogP contribution in [-0.2, 0) is 4.84 Å². The molecule has 0 radical (unpaired) electrons. The van der Waals surface area contributed by atoms with Gasteiger partial charge >= 0.3 is 5.97 Å². The van der Waals surface area contributed by atoms with E-state index in [1.165, 1.54) is 31.4 Å². The van der Waals surface area contributed by atoms with Crippen LogP contribution < -0.4 is 4.74 Å². The molecule has 0 spiro atoms. The molecule has 0 bridgehead atoms. The summed E-state index contributed by atoms with van der Waals surface area (Å²) in [5.74, 6) is -2.20. The first kappa shape index (κ1) is 15.1. The van der Waals surface area contributed by atoms with E-state index in [4.69, 9.17) is 21.2 Å². The first-order chi connectivity index (χ1) is 11.0. The Morgan fingerprint density at radius 3 is 2.17 bits per heavy atom. The molecule has 116 valence electrons. The van der Waals surface area contributed by atoms with Gasteiger partial charge < -0.3 is 9.57 Å². The van der Waals surface area contributed by atoms with E-state index in [0.717, 1.165) is 0 Å². The number of hydrogen-bond acceptors (Lipinski definition) is 5. The lowest BCUT2D eigenvalue weighted by atomic mass is 10.1. The minimum Gasteiger partial charge on any atom is -0.494 e. The number of para-hydroxylation sites is 1. The molecule has 1 heterocycles. The number of methoxy groups -OCH3 is 1. The predicted octanol–water partition coefficient (Wildman–Crippen LogP) is 2.72. The fraction of sp³-hybridized carbons (Fsp3) is 0.0625. The average molecular weight is 332 g/mol. The molecule has 2 aromatic rings. The summed E-state index contributed by atoms with van der Waals surface area (Å²) in [7, 11) is 1.35. The van der Waals surface area contributed by atoms with Gasteiger partial charge in [-0.1, -0.05) is 34.9 Å². The lowest BCUT2D eigenvalue weighted by Crippen LogP contribution is -2.32. The topological polar surface area (TPSA) is 72.9 Å². The summed E-state index contributed by atoms with van der Waals surface area (Å²) in [6.07, 6.45) is 0. The number of benzene rings is 2. The maximum absolute atomic E-state index is 12.3. The normalized spacial score (nSPS) is 13.0. The Kier molecular flexibility index (Phi) is 3.75.